The number of benzene rings is 5. The first kappa shape index (κ1) is 43.0. The van der Waals surface area contributed by atoms with Crippen molar-refractivity contribution in [3.05, 3.63) is 162 Å². The van der Waals surface area contributed by atoms with Crippen molar-refractivity contribution in [3.63, 3.8) is 0 Å². The first-order valence-electron chi connectivity index (χ1n) is 20.7. The summed E-state index contributed by atoms with van der Waals surface area (Å²) in [5.41, 5.74) is 16.0. The third-order valence-corrected chi connectivity index (χ3v) is 15.5. The second-order valence-corrected chi connectivity index (χ2v) is 28.0. The van der Waals surface area contributed by atoms with Gasteiger partial charge >= 0.3 is 106 Å². The molecule has 0 aliphatic heterocycles. The van der Waals surface area contributed by atoms with E-state index in [-0.39, 0.29) is 31.9 Å². The minimum Gasteiger partial charge on any atom is -0.499 e. The molecule has 5 aromatic carbocycles. The number of pyridine rings is 2. The zero-order valence-electron chi connectivity index (χ0n) is 36.2. The van der Waals surface area contributed by atoms with Crippen molar-refractivity contribution in [2.24, 2.45) is 0 Å². The molecule has 0 aliphatic rings. The summed E-state index contributed by atoms with van der Waals surface area (Å²) < 4.78 is 10.4. The van der Waals surface area contributed by atoms with E-state index in [0.29, 0.717) is 0 Å². The van der Waals surface area contributed by atoms with E-state index in [2.05, 4.69) is 183 Å². The second kappa shape index (κ2) is 17.5. The molecule has 0 bridgehead atoms. The number of hydrogen-bond acceptors (Lipinski definition) is 4. The number of furan rings is 1. The smallest absolute Gasteiger partial charge is 0.142 e. The van der Waals surface area contributed by atoms with Crippen LogP contribution in [-0.2, 0) is 20.1 Å². The van der Waals surface area contributed by atoms with Gasteiger partial charge in [-0.1, -0.05) is 88.0 Å². The number of nitrogens with zero attached hydrogens (tertiary/aromatic N) is 4. The average molecular weight is 1030 g/mol. The number of para-hydroxylation sites is 2. The molecule has 0 saturated heterocycles. The van der Waals surface area contributed by atoms with E-state index in [1.165, 1.54) is 37.9 Å². The quantitative estimate of drug-likeness (QED) is 0.118. The van der Waals surface area contributed by atoms with Crippen LogP contribution < -0.4 is 4.40 Å². The number of imidazole rings is 1. The summed E-state index contributed by atoms with van der Waals surface area (Å²) >= 11 is -1.73. The Hall–Kier alpha value is -5.14. The number of aromatic nitrogens is 4. The van der Waals surface area contributed by atoms with Crippen molar-refractivity contribution in [2.45, 2.75) is 77.6 Å². The molecule has 1 radical (unpaired) electrons. The van der Waals surface area contributed by atoms with Crippen molar-refractivity contribution >= 4 is 50.6 Å². The van der Waals surface area contributed by atoms with Crippen LogP contribution in [0.1, 0.15) is 67.5 Å². The van der Waals surface area contributed by atoms with Crippen LogP contribution in [0.2, 0.25) is 17.3 Å². The summed E-state index contributed by atoms with van der Waals surface area (Å²) in [7, 11) is 0. The van der Waals surface area contributed by atoms with Crippen molar-refractivity contribution in [1.82, 2.24) is 19.5 Å². The number of hydrogen-bond donors (Lipinski definition) is 0. The van der Waals surface area contributed by atoms with Crippen LogP contribution in [0, 0.1) is 32.9 Å². The van der Waals surface area contributed by atoms with Crippen molar-refractivity contribution < 1.29 is 24.5 Å². The van der Waals surface area contributed by atoms with Gasteiger partial charge < -0.3 is 8.98 Å². The van der Waals surface area contributed by atoms with Gasteiger partial charge in [-0.25, -0.2) is 0 Å². The maximum atomic E-state index is 6.62. The second-order valence-electron chi connectivity index (χ2n) is 17.3. The summed E-state index contributed by atoms with van der Waals surface area (Å²) in [5.74, 6) is 8.56. The van der Waals surface area contributed by atoms with Gasteiger partial charge in [-0.05, 0) is 71.3 Å². The molecule has 0 saturated carbocycles. The van der Waals surface area contributed by atoms with Crippen LogP contribution in [0.4, 0.5) is 0 Å². The SMILES string of the molecule is Cc1c[c-]c(-c2cc[c]([Ge]([CH3])([CH3])[CH3])cn2)cc1.Cc1nccc2c1oc1c(-c3nc4ccccc4n3-c3c(C(C)C)cc(-c4ccccc4)cc3C(C)C)[c-]cc(C)c12.[Ir]. The fourth-order valence-corrected chi connectivity index (χ4v) is 10.1. The van der Waals surface area contributed by atoms with E-state index < -0.39 is 13.3 Å². The summed E-state index contributed by atoms with van der Waals surface area (Å²) in [6.45, 7) is 15.3. The third-order valence-electron chi connectivity index (χ3n) is 11.2. The molecule has 0 aliphatic carbocycles. The molecule has 4 heterocycles. The van der Waals surface area contributed by atoms with Gasteiger partial charge in [-0.2, -0.15) is 0 Å². The Kier molecular flexibility index (Phi) is 12.5. The minimum absolute atomic E-state index is 0. The van der Waals surface area contributed by atoms with E-state index in [0.717, 1.165) is 66.9 Å². The molecule has 4 aromatic heterocycles. The van der Waals surface area contributed by atoms with Gasteiger partial charge in [0.05, 0.1) is 28.1 Å². The normalized spacial score (nSPS) is 11.7. The Bertz CT molecular complexity index is 2910. The van der Waals surface area contributed by atoms with Gasteiger partial charge in [0.2, 0.25) is 0 Å². The first-order chi connectivity index (χ1) is 28.3. The summed E-state index contributed by atoms with van der Waals surface area (Å²) in [6.07, 6.45) is 3.90. The number of rotatable bonds is 7. The van der Waals surface area contributed by atoms with Gasteiger partial charge in [0.15, 0.2) is 0 Å². The molecular formula is C53H52GeIrN4O-2. The molecule has 0 N–H and O–H groups in total. The number of fused-ring (bicyclic) bond motifs is 4. The Morgan fingerprint density at radius 1 is 0.700 bits per heavy atom. The molecule has 305 valence electrons. The largest absolute Gasteiger partial charge is 0.499 e. The fraction of sp³-hybridized carbons (Fsp3) is 0.226. The van der Waals surface area contributed by atoms with Crippen molar-refractivity contribution in [3.8, 4) is 39.5 Å². The van der Waals surface area contributed by atoms with Gasteiger partial charge in [-0.15, -0.1) is 17.7 Å². The topological polar surface area (TPSA) is 56.7 Å². The molecule has 5 nitrogen and oxygen atoms in total. The minimum atomic E-state index is -1.73. The van der Waals surface area contributed by atoms with Crippen LogP contribution in [0.15, 0.2) is 126 Å². The maximum Gasteiger partial charge on any atom is 0.142 e. The Morgan fingerprint density at radius 3 is 2.03 bits per heavy atom. The average Bonchev–Trinajstić information content (AvgIpc) is 3.82. The van der Waals surface area contributed by atoms with Crippen LogP contribution in [0.3, 0.4) is 0 Å². The first-order valence-corrected chi connectivity index (χ1v) is 28.0. The maximum absolute atomic E-state index is 6.62. The van der Waals surface area contributed by atoms with Crippen LogP contribution in [-0.4, -0.2) is 32.8 Å². The molecule has 60 heavy (non-hydrogen) atoms. The molecule has 0 unspecified atom stereocenters. The predicted molar refractivity (Wildman–Crippen MR) is 250 cm³/mol. The molecule has 7 heteroatoms. The van der Waals surface area contributed by atoms with Gasteiger partial charge in [0.25, 0.3) is 0 Å². The Morgan fingerprint density at radius 2 is 1.40 bits per heavy atom. The van der Waals surface area contributed by atoms with Crippen LogP contribution in [0.25, 0.3) is 72.4 Å². The number of aryl methyl sites for hydroxylation is 3. The summed E-state index contributed by atoms with van der Waals surface area (Å²) in [6, 6.07) is 45.3. The van der Waals surface area contributed by atoms with E-state index in [4.69, 9.17) is 9.40 Å². The van der Waals surface area contributed by atoms with Crippen molar-refractivity contribution in [1.29, 1.82) is 0 Å². The Labute approximate surface area is 371 Å². The van der Waals surface area contributed by atoms with Gasteiger partial charge in [-0.3, -0.25) is 9.97 Å². The predicted octanol–water partition coefficient (Wildman–Crippen LogP) is 13.7. The molecule has 0 atom stereocenters. The monoisotopic (exact) mass is 1030 g/mol. The zero-order chi connectivity index (χ0) is 41.6. The van der Waals surface area contributed by atoms with Crippen LogP contribution in [0.5, 0.6) is 0 Å². The summed E-state index contributed by atoms with van der Waals surface area (Å²) in [4.78, 5) is 14.3. The molecule has 9 aromatic rings. The molecule has 9 rings (SSSR count). The van der Waals surface area contributed by atoms with E-state index in [9.17, 15) is 0 Å². The fourth-order valence-electron chi connectivity index (χ4n) is 7.90. The van der Waals surface area contributed by atoms with Gasteiger partial charge in [0.1, 0.15) is 5.58 Å². The van der Waals surface area contributed by atoms with E-state index >= 15 is 0 Å². The standard InChI is InChI=1S/C38H34N3O.C15H18GeN.Ir/c1-22(2)30-20-27(26-12-8-7-9-13-26)21-31(23(3)4)35(30)41-33-15-11-10-14-32(33)40-38(41)29-17-16-24(5)34-28-18-19-39-25(6)36(28)42-37(29)34;1-12-5-7-13(8-6-12)15-10-9-14(11-17-15)16(2,3)4;/h7-16,18-23H,1-6H3;5-7,9-11H,1-4H3;/q2*-1;. The molecule has 0 spiro atoms. The molecular weight excluding hydrogens is 973 g/mol. The van der Waals surface area contributed by atoms with Gasteiger partial charge in [0, 0.05) is 37.4 Å². The summed E-state index contributed by atoms with van der Waals surface area (Å²) in [5, 5.41) is 2.17. The molecule has 0 amide bonds. The van der Waals surface area contributed by atoms with Crippen molar-refractivity contribution in [2.75, 3.05) is 0 Å². The third kappa shape index (κ3) is 8.30. The zero-order valence-corrected chi connectivity index (χ0v) is 40.7. The van der Waals surface area contributed by atoms with E-state index in [1.807, 2.05) is 31.5 Å². The Balaban J connectivity index is 0.000000255. The van der Waals surface area contributed by atoms with E-state index in [1.54, 1.807) is 0 Å². The van der Waals surface area contributed by atoms with Crippen LogP contribution >= 0.6 is 0 Å². The molecule has 0 fully saturated rings.